The number of carbonyl (C=O) groups excluding carboxylic acids is 2. The highest BCUT2D eigenvalue weighted by Gasteiger charge is 2.25. The fourth-order valence-electron chi connectivity index (χ4n) is 1.82. The van der Waals surface area contributed by atoms with E-state index in [0.717, 1.165) is 17.9 Å². The average molecular weight is 286 g/mol. The van der Waals surface area contributed by atoms with Gasteiger partial charge in [-0.1, -0.05) is 31.5 Å². The molecule has 21 heavy (non-hydrogen) atoms. The summed E-state index contributed by atoms with van der Waals surface area (Å²) < 4.78 is 5.09. The van der Waals surface area contributed by atoms with Crippen LogP contribution in [0.5, 0.6) is 0 Å². The van der Waals surface area contributed by atoms with Crippen LogP contribution in [0.3, 0.4) is 0 Å². The van der Waals surface area contributed by atoms with Crippen molar-refractivity contribution < 1.29 is 14.0 Å². The highest BCUT2D eigenvalue weighted by Crippen LogP contribution is 2.09. The van der Waals surface area contributed by atoms with Crippen molar-refractivity contribution in [3.8, 4) is 0 Å². The number of hydrazine groups is 1. The maximum absolute atomic E-state index is 12.5. The fraction of sp³-hybridized carbons (Fsp3) is 0.250. The molecule has 0 atom stereocenters. The van der Waals surface area contributed by atoms with Crippen molar-refractivity contribution in [3.05, 3.63) is 60.1 Å². The van der Waals surface area contributed by atoms with E-state index in [2.05, 4.69) is 5.43 Å². The minimum absolute atomic E-state index is 0.128. The second-order valence-electron chi connectivity index (χ2n) is 4.55. The maximum atomic E-state index is 12.5. The largest absolute Gasteiger partial charge is 0.459 e. The van der Waals surface area contributed by atoms with Gasteiger partial charge in [0.25, 0.3) is 5.91 Å². The van der Waals surface area contributed by atoms with Crippen molar-refractivity contribution in [1.82, 2.24) is 10.4 Å². The molecular formula is C16H18N2O3. The van der Waals surface area contributed by atoms with Gasteiger partial charge in [-0.3, -0.25) is 9.59 Å². The molecular weight excluding hydrogens is 268 g/mol. The first-order chi connectivity index (χ1) is 10.2. The average Bonchev–Trinajstić information content (AvgIpc) is 3.06. The summed E-state index contributed by atoms with van der Waals surface area (Å²) in [4.78, 5) is 24.8. The molecule has 0 bridgehead atoms. The van der Waals surface area contributed by atoms with Gasteiger partial charge < -0.3 is 4.42 Å². The van der Waals surface area contributed by atoms with Gasteiger partial charge in [0.05, 0.1) is 6.26 Å². The number of nitrogens with zero attached hydrogens (tertiary/aromatic N) is 1. The van der Waals surface area contributed by atoms with Gasteiger partial charge in [-0.05, 0) is 30.7 Å². The van der Waals surface area contributed by atoms with E-state index in [-0.39, 0.29) is 5.76 Å². The van der Waals surface area contributed by atoms with Crippen LogP contribution in [0.15, 0.2) is 53.1 Å². The predicted octanol–water partition coefficient (Wildman–Crippen LogP) is 2.87. The lowest BCUT2D eigenvalue weighted by Crippen LogP contribution is -2.47. The zero-order valence-corrected chi connectivity index (χ0v) is 11.9. The zero-order chi connectivity index (χ0) is 15.1. The SMILES string of the molecule is CCCCNN(C(=O)c1ccccc1)C(=O)c1ccco1. The summed E-state index contributed by atoms with van der Waals surface area (Å²) in [5.41, 5.74) is 3.33. The molecule has 2 amide bonds. The molecule has 1 aromatic carbocycles. The van der Waals surface area contributed by atoms with Gasteiger partial charge in [-0.15, -0.1) is 0 Å². The Bertz CT molecular complexity index is 579. The van der Waals surface area contributed by atoms with Crippen LogP contribution in [-0.4, -0.2) is 23.4 Å². The van der Waals surface area contributed by atoms with E-state index in [0.29, 0.717) is 12.1 Å². The molecule has 0 radical (unpaired) electrons. The fourth-order valence-corrected chi connectivity index (χ4v) is 1.82. The Hall–Kier alpha value is -2.40. The Kier molecular flexibility index (Phi) is 5.29. The minimum Gasteiger partial charge on any atom is -0.459 e. The summed E-state index contributed by atoms with van der Waals surface area (Å²) in [7, 11) is 0. The number of amides is 2. The van der Waals surface area contributed by atoms with E-state index in [4.69, 9.17) is 4.42 Å². The molecule has 5 nitrogen and oxygen atoms in total. The minimum atomic E-state index is -0.495. The van der Waals surface area contributed by atoms with Crippen molar-refractivity contribution >= 4 is 11.8 Å². The molecule has 0 saturated heterocycles. The molecule has 0 spiro atoms. The number of hydrogen-bond acceptors (Lipinski definition) is 4. The number of furan rings is 1. The molecule has 0 fully saturated rings. The first kappa shape index (κ1) is 15.0. The van der Waals surface area contributed by atoms with Crippen molar-refractivity contribution in [1.29, 1.82) is 0 Å². The van der Waals surface area contributed by atoms with Gasteiger partial charge in [0.1, 0.15) is 0 Å². The summed E-state index contributed by atoms with van der Waals surface area (Å²) in [5, 5.41) is 1.02. The first-order valence-electron chi connectivity index (χ1n) is 6.95. The Morgan fingerprint density at radius 1 is 1.10 bits per heavy atom. The van der Waals surface area contributed by atoms with Crippen molar-refractivity contribution in [2.45, 2.75) is 19.8 Å². The molecule has 1 aromatic heterocycles. The molecule has 0 aliphatic carbocycles. The third-order valence-electron chi connectivity index (χ3n) is 2.96. The number of unbranched alkanes of at least 4 members (excludes halogenated alkanes) is 1. The van der Waals surface area contributed by atoms with Crippen LogP contribution in [0, 0.1) is 0 Å². The van der Waals surface area contributed by atoms with Crippen LogP contribution < -0.4 is 5.43 Å². The predicted molar refractivity (Wildman–Crippen MR) is 78.6 cm³/mol. The van der Waals surface area contributed by atoms with Crippen LogP contribution in [0.2, 0.25) is 0 Å². The highest BCUT2D eigenvalue weighted by molar-refractivity contribution is 6.08. The normalized spacial score (nSPS) is 10.3. The number of benzene rings is 1. The molecule has 0 saturated carbocycles. The monoisotopic (exact) mass is 286 g/mol. The van der Waals surface area contributed by atoms with E-state index < -0.39 is 11.8 Å². The molecule has 0 aliphatic heterocycles. The van der Waals surface area contributed by atoms with E-state index >= 15 is 0 Å². The second kappa shape index (κ2) is 7.40. The van der Waals surface area contributed by atoms with Crippen molar-refractivity contribution in [3.63, 3.8) is 0 Å². The number of imide groups is 1. The van der Waals surface area contributed by atoms with Gasteiger partial charge in [-0.2, -0.15) is 0 Å². The summed E-state index contributed by atoms with van der Waals surface area (Å²) >= 11 is 0. The van der Waals surface area contributed by atoms with Crippen LogP contribution >= 0.6 is 0 Å². The quantitative estimate of drug-likeness (QED) is 0.504. The van der Waals surface area contributed by atoms with Crippen molar-refractivity contribution in [2.24, 2.45) is 0 Å². The molecule has 2 aromatic rings. The van der Waals surface area contributed by atoms with Gasteiger partial charge >= 0.3 is 5.91 Å². The standard InChI is InChI=1S/C16H18N2O3/c1-2-3-11-17-18(16(20)14-10-7-12-21-14)15(19)13-8-5-4-6-9-13/h4-10,12,17H,2-3,11H2,1H3. The van der Waals surface area contributed by atoms with Crippen LogP contribution in [0.4, 0.5) is 0 Å². The van der Waals surface area contributed by atoms with E-state index in [9.17, 15) is 9.59 Å². The smallest absolute Gasteiger partial charge is 0.310 e. The van der Waals surface area contributed by atoms with Crippen LogP contribution in [-0.2, 0) is 0 Å². The lowest BCUT2D eigenvalue weighted by Gasteiger charge is -2.20. The van der Waals surface area contributed by atoms with E-state index in [1.165, 1.54) is 12.3 Å². The number of hydrogen-bond donors (Lipinski definition) is 1. The topological polar surface area (TPSA) is 62.6 Å². The maximum Gasteiger partial charge on any atom is 0.310 e. The van der Waals surface area contributed by atoms with Crippen molar-refractivity contribution in [2.75, 3.05) is 6.54 Å². The second-order valence-corrected chi connectivity index (χ2v) is 4.55. The summed E-state index contributed by atoms with van der Waals surface area (Å²) in [5.74, 6) is -0.763. The third kappa shape index (κ3) is 3.79. The summed E-state index contributed by atoms with van der Waals surface area (Å²) in [6, 6.07) is 11.8. The number of rotatable bonds is 6. The molecule has 0 aliphatic rings. The molecule has 0 unspecified atom stereocenters. The molecule has 1 heterocycles. The number of carbonyl (C=O) groups is 2. The lowest BCUT2D eigenvalue weighted by molar-refractivity contribution is 0.0506. The zero-order valence-electron chi connectivity index (χ0n) is 11.9. The lowest BCUT2D eigenvalue weighted by atomic mass is 10.2. The molecule has 2 rings (SSSR count). The molecule has 5 heteroatoms. The van der Waals surface area contributed by atoms with Crippen LogP contribution in [0.25, 0.3) is 0 Å². The number of nitrogens with one attached hydrogen (secondary N) is 1. The Morgan fingerprint density at radius 2 is 1.86 bits per heavy atom. The van der Waals surface area contributed by atoms with Gasteiger partial charge in [-0.25, -0.2) is 10.4 Å². The highest BCUT2D eigenvalue weighted by atomic mass is 16.3. The van der Waals surface area contributed by atoms with Gasteiger partial charge in [0, 0.05) is 12.1 Å². The first-order valence-corrected chi connectivity index (χ1v) is 6.95. The summed E-state index contributed by atoms with van der Waals surface area (Å²) in [6.45, 7) is 2.58. The Morgan fingerprint density at radius 3 is 2.48 bits per heavy atom. The molecule has 110 valence electrons. The van der Waals surface area contributed by atoms with Gasteiger partial charge in [0.15, 0.2) is 5.76 Å². The molecule has 1 N–H and O–H groups in total. The Labute approximate surface area is 123 Å². The third-order valence-corrected chi connectivity index (χ3v) is 2.96. The Balaban J connectivity index is 2.19. The van der Waals surface area contributed by atoms with Gasteiger partial charge in [0.2, 0.25) is 0 Å². The van der Waals surface area contributed by atoms with E-state index in [1.807, 2.05) is 13.0 Å². The summed E-state index contributed by atoms with van der Waals surface area (Å²) in [6.07, 6.45) is 3.24. The van der Waals surface area contributed by atoms with E-state index in [1.54, 1.807) is 30.3 Å². The van der Waals surface area contributed by atoms with Crippen LogP contribution in [0.1, 0.15) is 40.7 Å².